The monoisotopic (exact) mass is 508 g/mol. The predicted molar refractivity (Wildman–Crippen MR) is 138 cm³/mol. The van der Waals surface area contributed by atoms with E-state index in [1.807, 2.05) is 56.8 Å². The summed E-state index contributed by atoms with van der Waals surface area (Å²) in [7, 11) is 0. The largest absolute Gasteiger partial charge is 0.491 e. The first-order valence-electron chi connectivity index (χ1n) is 12.9. The Kier molecular flexibility index (Phi) is 6.47. The number of hydrogen-bond donors (Lipinski definition) is 1. The molecule has 0 aliphatic carbocycles. The summed E-state index contributed by atoms with van der Waals surface area (Å²) in [6, 6.07) is 6.23. The van der Waals surface area contributed by atoms with E-state index < -0.39 is 11.7 Å². The summed E-state index contributed by atoms with van der Waals surface area (Å²) in [4.78, 5) is 23.6. The summed E-state index contributed by atoms with van der Waals surface area (Å²) < 4.78 is 15.6. The van der Waals surface area contributed by atoms with Crippen LogP contribution in [-0.2, 0) is 11.3 Å². The standard InChI is InChI=1S/C27H36N6O4/c1-16(2)33-25(28-17(3)30-33)21-14-31-11-12-36-23-13-18(7-8-20(23)24(31)29-21)19-9-10-32(15-22(19)34)26(35)37-27(4,5)6/h7-8,13-14,16,19,22,34H,9-12,15H2,1-6H3/t19-,22-/m1/s1. The van der Waals surface area contributed by atoms with Crippen molar-refractivity contribution in [1.82, 2.24) is 29.2 Å². The second-order valence-electron chi connectivity index (χ2n) is 11.2. The van der Waals surface area contributed by atoms with Crippen LogP contribution in [0.4, 0.5) is 4.79 Å². The van der Waals surface area contributed by atoms with Crippen LogP contribution >= 0.6 is 0 Å². The fourth-order valence-corrected chi connectivity index (χ4v) is 5.01. The molecule has 0 saturated carbocycles. The van der Waals surface area contributed by atoms with E-state index in [9.17, 15) is 9.90 Å². The quantitative estimate of drug-likeness (QED) is 0.566. The van der Waals surface area contributed by atoms with Gasteiger partial charge in [-0.2, -0.15) is 5.10 Å². The highest BCUT2D eigenvalue weighted by Gasteiger charge is 2.34. The lowest BCUT2D eigenvalue weighted by molar-refractivity contribution is -0.00154. The van der Waals surface area contributed by atoms with E-state index in [1.165, 1.54) is 0 Å². The van der Waals surface area contributed by atoms with Crippen molar-refractivity contribution in [2.24, 2.45) is 0 Å². The van der Waals surface area contributed by atoms with Gasteiger partial charge < -0.3 is 24.0 Å². The zero-order chi connectivity index (χ0) is 26.5. The van der Waals surface area contributed by atoms with Gasteiger partial charge in [-0.15, -0.1) is 0 Å². The van der Waals surface area contributed by atoms with Crippen LogP contribution in [0, 0.1) is 6.92 Å². The number of carbonyl (C=O) groups excluding carboxylic acids is 1. The second-order valence-corrected chi connectivity index (χ2v) is 11.2. The molecule has 0 bridgehead atoms. The number of aliphatic hydroxyl groups is 1. The molecule has 198 valence electrons. The number of piperidine rings is 1. The molecule has 1 saturated heterocycles. The van der Waals surface area contributed by atoms with Crippen LogP contribution in [-0.4, -0.2) is 71.8 Å². The second kappa shape index (κ2) is 9.48. The van der Waals surface area contributed by atoms with Crippen LogP contribution in [0.1, 0.15) is 64.4 Å². The maximum atomic E-state index is 12.5. The number of benzene rings is 1. The molecule has 2 aromatic heterocycles. The number of β-amino-alcohol motifs (C(OH)–C–C–N with tert-alkyl or cyclic N) is 1. The molecule has 2 aliphatic heterocycles. The summed E-state index contributed by atoms with van der Waals surface area (Å²) in [5, 5.41) is 15.5. The normalized spacial score (nSPS) is 19.7. The van der Waals surface area contributed by atoms with Crippen LogP contribution in [0.25, 0.3) is 22.9 Å². The minimum absolute atomic E-state index is 0.0984. The summed E-state index contributed by atoms with van der Waals surface area (Å²) >= 11 is 0. The van der Waals surface area contributed by atoms with Crippen LogP contribution in [0.2, 0.25) is 0 Å². The number of nitrogens with zero attached hydrogens (tertiary/aromatic N) is 6. The Morgan fingerprint density at radius 2 is 1.97 bits per heavy atom. The van der Waals surface area contributed by atoms with Crippen molar-refractivity contribution in [2.75, 3.05) is 19.7 Å². The van der Waals surface area contributed by atoms with Crippen molar-refractivity contribution in [3.05, 3.63) is 35.8 Å². The molecule has 3 aromatic rings. The lowest BCUT2D eigenvalue weighted by Crippen LogP contribution is -2.47. The van der Waals surface area contributed by atoms with Gasteiger partial charge in [0.05, 0.1) is 24.8 Å². The van der Waals surface area contributed by atoms with Gasteiger partial charge in [-0.25, -0.2) is 19.4 Å². The third-order valence-corrected chi connectivity index (χ3v) is 6.73. The molecular weight excluding hydrogens is 472 g/mol. The van der Waals surface area contributed by atoms with Crippen LogP contribution in [0.5, 0.6) is 5.75 Å². The van der Waals surface area contributed by atoms with Gasteiger partial charge in [0.25, 0.3) is 0 Å². The average Bonchev–Trinajstić information content (AvgIpc) is 3.37. The summed E-state index contributed by atoms with van der Waals surface area (Å²) in [5.74, 6) is 2.95. The summed E-state index contributed by atoms with van der Waals surface area (Å²) in [5.41, 5.74) is 2.11. The van der Waals surface area contributed by atoms with E-state index in [2.05, 4.69) is 28.5 Å². The van der Waals surface area contributed by atoms with Crippen molar-refractivity contribution in [2.45, 2.75) is 78.2 Å². The van der Waals surface area contributed by atoms with Gasteiger partial charge in [0.1, 0.15) is 35.3 Å². The van der Waals surface area contributed by atoms with E-state index >= 15 is 0 Å². The number of hydrogen-bond acceptors (Lipinski definition) is 7. The number of carbonyl (C=O) groups is 1. The Morgan fingerprint density at radius 3 is 2.68 bits per heavy atom. The van der Waals surface area contributed by atoms with Crippen LogP contribution in [0.15, 0.2) is 24.4 Å². The van der Waals surface area contributed by atoms with Crippen LogP contribution < -0.4 is 4.74 Å². The zero-order valence-electron chi connectivity index (χ0n) is 22.4. The number of aryl methyl sites for hydroxylation is 1. The van der Waals surface area contributed by atoms with Crippen molar-refractivity contribution in [3.8, 4) is 28.7 Å². The number of amides is 1. The molecule has 10 heteroatoms. The van der Waals surface area contributed by atoms with E-state index in [-0.39, 0.29) is 24.6 Å². The minimum Gasteiger partial charge on any atom is -0.491 e. The molecule has 1 N–H and O–H groups in total. The van der Waals surface area contributed by atoms with E-state index in [1.54, 1.807) is 4.90 Å². The van der Waals surface area contributed by atoms with Crippen LogP contribution in [0.3, 0.4) is 0 Å². The predicted octanol–water partition coefficient (Wildman–Crippen LogP) is 4.18. The van der Waals surface area contributed by atoms with Gasteiger partial charge >= 0.3 is 6.09 Å². The molecule has 4 heterocycles. The summed E-state index contributed by atoms with van der Waals surface area (Å²) in [6.45, 7) is 13.5. The number of ether oxygens (including phenoxy) is 2. The highest BCUT2D eigenvalue weighted by atomic mass is 16.6. The van der Waals surface area contributed by atoms with E-state index in [0.29, 0.717) is 26.1 Å². The van der Waals surface area contributed by atoms with Gasteiger partial charge in [-0.1, -0.05) is 6.07 Å². The number of rotatable bonds is 3. The molecule has 10 nitrogen and oxygen atoms in total. The average molecular weight is 509 g/mol. The number of fused-ring (bicyclic) bond motifs is 3. The fourth-order valence-electron chi connectivity index (χ4n) is 5.01. The maximum absolute atomic E-state index is 12.5. The van der Waals surface area contributed by atoms with Crippen molar-refractivity contribution >= 4 is 6.09 Å². The molecule has 0 spiro atoms. The SMILES string of the molecule is Cc1nc(-c2cn3c(n2)-c2ccc([C@H]4CCN(C(=O)OC(C)(C)C)C[C@H]4O)cc2OCC3)n(C(C)C)n1. The molecular formula is C27H36N6O4. The number of likely N-dealkylation sites (tertiary alicyclic amines) is 1. The van der Waals surface area contributed by atoms with Crippen molar-refractivity contribution in [3.63, 3.8) is 0 Å². The van der Waals surface area contributed by atoms with Crippen molar-refractivity contribution < 1.29 is 19.4 Å². The Bertz CT molecular complexity index is 1300. The van der Waals surface area contributed by atoms with Gasteiger partial charge in [-0.3, -0.25) is 0 Å². The first-order valence-corrected chi connectivity index (χ1v) is 12.9. The van der Waals surface area contributed by atoms with Gasteiger partial charge in [-0.05, 0) is 65.7 Å². The summed E-state index contributed by atoms with van der Waals surface area (Å²) in [6.07, 6.45) is 1.58. The minimum atomic E-state index is -0.690. The number of aromatic nitrogens is 5. The molecule has 1 amide bonds. The molecule has 5 rings (SSSR count). The Hall–Kier alpha value is -3.40. The first-order chi connectivity index (χ1) is 17.5. The maximum Gasteiger partial charge on any atom is 0.410 e. The topological polar surface area (TPSA) is 108 Å². The van der Waals surface area contributed by atoms with Gasteiger partial charge in [0.15, 0.2) is 5.82 Å². The fraction of sp³-hybridized carbons (Fsp3) is 0.556. The molecule has 0 radical (unpaired) electrons. The Labute approximate surface area is 217 Å². The molecule has 2 aliphatic rings. The van der Waals surface area contributed by atoms with Crippen molar-refractivity contribution in [1.29, 1.82) is 0 Å². The van der Waals surface area contributed by atoms with Gasteiger partial charge in [0, 0.05) is 24.7 Å². The number of imidazole rings is 1. The third kappa shape index (κ3) is 5.07. The highest BCUT2D eigenvalue weighted by Crippen LogP contribution is 2.38. The number of aliphatic hydroxyl groups excluding tert-OH is 1. The Morgan fingerprint density at radius 1 is 1.19 bits per heavy atom. The Balaban J connectivity index is 1.39. The lowest BCUT2D eigenvalue weighted by atomic mass is 9.86. The zero-order valence-corrected chi connectivity index (χ0v) is 22.4. The molecule has 0 unspecified atom stereocenters. The highest BCUT2D eigenvalue weighted by molar-refractivity contribution is 5.70. The first kappa shape index (κ1) is 25.3. The third-order valence-electron chi connectivity index (χ3n) is 6.73. The van der Waals surface area contributed by atoms with Gasteiger partial charge in [0.2, 0.25) is 0 Å². The van der Waals surface area contributed by atoms with E-state index in [4.69, 9.17) is 14.5 Å². The molecule has 37 heavy (non-hydrogen) atoms. The molecule has 1 fully saturated rings. The molecule has 2 atom stereocenters. The molecule has 1 aromatic carbocycles. The van der Waals surface area contributed by atoms with E-state index in [0.717, 1.165) is 40.0 Å². The smallest absolute Gasteiger partial charge is 0.410 e. The lowest BCUT2D eigenvalue weighted by Gasteiger charge is -2.37.